The third-order valence-electron chi connectivity index (χ3n) is 3.78. The monoisotopic (exact) mass is 274 g/mol. The van der Waals surface area contributed by atoms with Crippen molar-refractivity contribution in [1.82, 2.24) is 10.2 Å². The highest BCUT2D eigenvalue weighted by molar-refractivity contribution is 6.60. The number of H-pyrrole nitrogens is 1. The van der Waals surface area contributed by atoms with Crippen LogP contribution in [0.3, 0.4) is 0 Å². The summed E-state index contributed by atoms with van der Waals surface area (Å²) in [7, 11) is -1.07. The van der Waals surface area contributed by atoms with Gasteiger partial charge >= 0.3 is 7.12 Å². The van der Waals surface area contributed by atoms with Crippen molar-refractivity contribution >= 4 is 23.4 Å². The second-order valence-corrected chi connectivity index (χ2v) is 5.77. The van der Waals surface area contributed by atoms with Crippen LogP contribution in [0.5, 0.6) is 0 Å². The number of nitrogens with zero attached hydrogens (tertiary/aromatic N) is 1. The predicted molar refractivity (Wildman–Crippen MR) is 80.0 cm³/mol. The van der Waals surface area contributed by atoms with Gasteiger partial charge in [0.2, 0.25) is 0 Å². The van der Waals surface area contributed by atoms with Crippen LogP contribution in [-0.2, 0) is 4.65 Å². The molecule has 1 heterocycles. The van der Waals surface area contributed by atoms with Gasteiger partial charge in [-0.1, -0.05) is 26.0 Å². The molecule has 0 aliphatic heterocycles. The highest BCUT2D eigenvalue weighted by atomic mass is 16.5. The summed E-state index contributed by atoms with van der Waals surface area (Å²) in [5, 5.41) is 17.5. The fraction of sp³-hybridized carbons (Fsp3) is 0.429. The van der Waals surface area contributed by atoms with E-state index in [-0.39, 0.29) is 11.5 Å². The molecule has 0 saturated carbocycles. The zero-order valence-corrected chi connectivity index (χ0v) is 12.2. The Morgan fingerprint density at radius 1 is 1.40 bits per heavy atom. The van der Waals surface area contributed by atoms with E-state index < -0.39 is 12.7 Å². The lowest BCUT2D eigenvalue weighted by Gasteiger charge is -2.31. The Kier molecular flexibility index (Phi) is 3.97. The van der Waals surface area contributed by atoms with Gasteiger partial charge in [0.25, 0.3) is 5.56 Å². The van der Waals surface area contributed by atoms with Gasteiger partial charge in [-0.2, -0.15) is 5.10 Å². The van der Waals surface area contributed by atoms with Gasteiger partial charge in [-0.15, -0.1) is 0 Å². The van der Waals surface area contributed by atoms with Crippen LogP contribution in [0.25, 0.3) is 10.8 Å². The molecule has 0 unspecified atom stereocenters. The molecule has 6 heteroatoms. The number of fused-ring (bicyclic) bond motifs is 1. The Labute approximate surface area is 118 Å². The lowest BCUT2D eigenvalue weighted by atomic mass is 9.76. The summed E-state index contributed by atoms with van der Waals surface area (Å²) in [6.07, 6.45) is 1.58. The van der Waals surface area contributed by atoms with Gasteiger partial charge in [-0.25, -0.2) is 5.10 Å². The van der Waals surface area contributed by atoms with E-state index in [0.717, 1.165) is 5.39 Å². The van der Waals surface area contributed by atoms with Gasteiger partial charge in [-0.05, 0) is 31.3 Å². The molecular weight excluding hydrogens is 255 g/mol. The number of nitrogens with one attached hydrogen (secondary N) is 1. The number of benzene rings is 1. The van der Waals surface area contributed by atoms with Crippen molar-refractivity contribution in [3.8, 4) is 0 Å². The lowest BCUT2D eigenvalue weighted by molar-refractivity contribution is 0.0423. The van der Waals surface area contributed by atoms with E-state index in [1.54, 1.807) is 24.4 Å². The Hall–Kier alpha value is -1.66. The fourth-order valence-electron chi connectivity index (χ4n) is 1.75. The Morgan fingerprint density at radius 2 is 2.10 bits per heavy atom. The maximum absolute atomic E-state index is 11.7. The van der Waals surface area contributed by atoms with Crippen molar-refractivity contribution in [3.05, 3.63) is 34.7 Å². The minimum Gasteiger partial charge on any atom is -0.423 e. The quantitative estimate of drug-likeness (QED) is 0.817. The molecule has 106 valence electrons. The van der Waals surface area contributed by atoms with Crippen molar-refractivity contribution in [2.75, 3.05) is 0 Å². The highest BCUT2D eigenvalue weighted by Gasteiger charge is 2.30. The third-order valence-corrected chi connectivity index (χ3v) is 3.78. The van der Waals surface area contributed by atoms with Crippen LogP contribution in [0.4, 0.5) is 0 Å². The molecule has 0 bridgehead atoms. The molecule has 0 amide bonds. The standard InChI is InChI=1S/C14H19BN2O3/c1-9(2)14(3,4)20-15(19)11-6-5-10-8-16-17-13(18)12(10)7-11/h5-9,19H,1-4H3,(H,17,18). The Balaban J connectivity index is 2.34. The Morgan fingerprint density at radius 3 is 2.75 bits per heavy atom. The molecule has 0 fully saturated rings. The number of aromatic amines is 1. The molecule has 1 aromatic heterocycles. The number of hydrogen-bond acceptors (Lipinski definition) is 4. The molecule has 2 N–H and O–H groups in total. The van der Waals surface area contributed by atoms with Crippen molar-refractivity contribution in [2.24, 2.45) is 5.92 Å². The van der Waals surface area contributed by atoms with Gasteiger partial charge in [0, 0.05) is 10.8 Å². The van der Waals surface area contributed by atoms with Crippen molar-refractivity contribution in [2.45, 2.75) is 33.3 Å². The maximum atomic E-state index is 11.7. The van der Waals surface area contributed by atoms with E-state index in [1.807, 2.05) is 27.7 Å². The van der Waals surface area contributed by atoms with Gasteiger partial charge in [0.05, 0.1) is 11.8 Å². The van der Waals surface area contributed by atoms with Gasteiger partial charge < -0.3 is 9.68 Å². The average Bonchev–Trinajstić information content (AvgIpc) is 2.38. The lowest BCUT2D eigenvalue weighted by Crippen LogP contribution is -2.44. The topological polar surface area (TPSA) is 75.2 Å². The minimum absolute atomic E-state index is 0.255. The molecule has 5 nitrogen and oxygen atoms in total. The third kappa shape index (κ3) is 2.91. The smallest absolute Gasteiger partial charge is 0.423 e. The van der Waals surface area contributed by atoms with Crippen molar-refractivity contribution in [1.29, 1.82) is 0 Å². The second-order valence-electron chi connectivity index (χ2n) is 5.77. The summed E-state index contributed by atoms with van der Waals surface area (Å²) < 4.78 is 5.70. The molecule has 20 heavy (non-hydrogen) atoms. The fourth-order valence-corrected chi connectivity index (χ4v) is 1.75. The number of rotatable bonds is 4. The van der Waals surface area contributed by atoms with Crippen LogP contribution in [0, 0.1) is 5.92 Å². The average molecular weight is 274 g/mol. The van der Waals surface area contributed by atoms with E-state index in [2.05, 4.69) is 10.2 Å². The molecule has 0 atom stereocenters. The molecule has 0 radical (unpaired) electrons. The van der Waals surface area contributed by atoms with E-state index in [1.165, 1.54) is 0 Å². The Bertz CT molecular complexity index is 667. The number of aromatic nitrogens is 2. The molecule has 0 aliphatic rings. The summed E-state index contributed by atoms with van der Waals surface area (Å²) in [5.41, 5.74) is -0.179. The first-order valence-corrected chi connectivity index (χ1v) is 6.64. The molecule has 2 rings (SSSR count). The molecule has 0 saturated heterocycles. The van der Waals surface area contributed by atoms with Crippen LogP contribution in [0.15, 0.2) is 29.2 Å². The summed E-state index contributed by atoms with van der Waals surface area (Å²) >= 11 is 0. The zero-order chi connectivity index (χ0) is 14.9. The van der Waals surface area contributed by atoms with Crippen molar-refractivity contribution in [3.63, 3.8) is 0 Å². The first kappa shape index (κ1) is 14.7. The van der Waals surface area contributed by atoms with Crippen LogP contribution >= 0.6 is 0 Å². The SMILES string of the molecule is CC(C)C(C)(C)OB(O)c1ccc2cn[nH]c(=O)c2c1. The summed E-state index contributed by atoms with van der Waals surface area (Å²) in [4.78, 5) is 11.7. The van der Waals surface area contributed by atoms with E-state index >= 15 is 0 Å². The molecule has 1 aromatic carbocycles. The van der Waals surface area contributed by atoms with Crippen LogP contribution < -0.4 is 11.0 Å². The highest BCUT2D eigenvalue weighted by Crippen LogP contribution is 2.20. The normalized spacial score (nSPS) is 12.1. The van der Waals surface area contributed by atoms with E-state index in [4.69, 9.17) is 4.65 Å². The molecule has 0 aliphatic carbocycles. The zero-order valence-electron chi connectivity index (χ0n) is 12.2. The first-order chi connectivity index (χ1) is 9.31. The minimum atomic E-state index is -1.07. The van der Waals surface area contributed by atoms with Crippen LogP contribution in [0.1, 0.15) is 27.7 Å². The molecular formula is C14H19BN2O3. The van der Waals surface area contributed by atoms with Gasteiger partial charge in [-0.3, -0.25) is 4.79 Å². The van der Waals surface area contributed by atoms with Crippen LogP contribution in [0.2, 0.25) is 0 Å². The second kappa shape index (κ2) is 5.38. The molecule has 2 aromatic rings. The van der Waals surface area contributed by atoms with Crippen LogP contribution in [-0.4, -0.2) is 27.9 Å². The molecule has 0 spiro atoms. The van der Waals surface area contributed by atoms with Gasteiger partial charge in [0.15, 0.2) is 0 Å². The van der Waals surface area contributed by atoms with E-state index in [0.29, 0.717) is 10.8 Å². The number of hydrogen-bond donors (Lipinski definition) is 2. The first-order valence-electron chi connectivity index (χ1n) is 6.64. The summed E-state index contributed by atoms with van der Waals surface area (Å²) in [5.74, 6) is 0.255. The van der Waals surface area contributed by atoms with Gasteiger partial charge in [0.1, 0.15) is 0 Å². The van der Waals surface area contributed by atoms with Crippen molar-refractivity contribution < 1.29 is 9.68 Å². The summed E-state index contributed by atoms with van der Waals surface area (Å²) in [6, 6.07) is 5.13. The maximum Gasteiger partial charge on any atom is 0.491 e. The largest absolute Gasteiger partial charge is 0.491 e. The van der Waals surface area contributed by atoms with E-state index in [9.17, 15) is 9.82 Å². The predicted octanol–water partition coefficient (Wildman–Crippen LogP) is 1.06. The summed E-state index contributed by atoms with van der Waals surface area (Å²) in [6.45, 7) is 7.92.